The SMILES string of the molecule is COc1ccc([C@H](O)C(=O)O)cc1C. The second-order valence-corrected chi connectivity index (χ2v) is 2.97. The van der Waals surface area contributed by atoms with Gasteiger partial charge in [-0.25, -0.2) is 4.79 Å². The highest BCUT2D eigenvalue weighted by atomic mass is 16.5. The van der Waals surface area contributed by atoms with E-state index in [0.717, 1.165) is 5.56 Å². The van der Waals surface area contributed by atoms with Gasteiger partial charge in [0.05, 0.1) is 7.11 Å². The molecular formula is C10H12O4. The van der Waals surface area contributed by atoms with Gasteiger partial charge in [0.15, 0.2) is 6.10 Å². The highest BCUT2D eigenvalue weighted by Crippen LogP contribution is 2.22. The lowest BCUT2D eigenvalue weighted by atomic mass is 10.1. The number of carbonyl (C=O) groups is 1. The number of hydrogen-bond donors (Lipinski definition) is 2. The zero-order chi connectivity index (χ0) is 10.7. The van der Waals surface area contributed by atoms with Crippen LogP contribution in [0, 0.1) is 6.92 Å². The molecule has 1 atom stereocenters. The lowest BCUT2D eigenvalue weighted by molar-refractivity contribution is -0.146. The zero-order valence-corrected chi connectivity index (χ0v) is 8.02. The molecule has 0 unspecified atom stereocenters. The Hall–Kier alpha value is -1.55. The van der Waals surface area contributed by atoms with Crippen LogP contribution in [0.2, 0.25) is 0 Å². The van der Waals surface area contributed by atoms with E-state index in [4.69, 9.17) is 9.84 Å². The molecule has 0 aliphatic rings. The van der Waals surface area contributed by atoms with Crippen molar-refractivity contribution in [2.24, 2.45) is 0 Å². The smallest absolute Gasteiger partial charge is 0.337 e. The Labute approximate surface area is 81.8 Å². The quantitative estimate of drug-likeness (QED) is 0.760. The van der Waals surface area contributed by atoms with Gasteiger partial charge in [-0.2, -0.15) is 0 Å². The topological polar surface area (TPSA) is 66.8 Å². The van der Waals surface area contributed by atoms with Gasteiger partial charge in [-0.05, 0) is 30.2 Å². The summed E-state index contributed by atoms with van der Waals surface area (Å²) in [5.41, 5.74) is 1.15. The van der Waals surface area contributed by atoms with Gasteiger partial charge in [-0.15, -0.1) is 0 Å². The third-order valence-corrected chi connectivity index (χ3v) is 1.97. The van der Waals surface area contributed by atoms with Crippen molar-refractivity contribution < 1.29 is 19.7 Å². The van der Waals surface area contributed by atoms with Gasteiger partial charge < -0.3 is 14.9 Å². The fourth-order valence-corrected chi connectivity index (χ4v) is 1.21. The van der Waals surface area contributed by atoms with Crippen molar-refractivity contribution in [3.05, 3.63) is 29.3 Å². The first-order chi connectivity index (χ1) is 6.56. The molecule has 1 aromatic rings. The first-order valence-electron chi connectivity index (χ1n) is 4.11. The van der Waals surface area contributed by atoms with Crippen LogP contribution in [0.3, 0.4) is 0 Å². The maximum absolute atomic E-state index is 10.5. The Balaban J connectivity index is 3.02. The monoisotopic (exact) mass is 196 g/mol. The molecule has 0 fully saturated rings. The molecule has 1 aromatic carbocycles. The summed E-state index contributed by atoms with van der Waals surface area (Å²) < 4.78 is 5.01. The Bertz CT molecular complexity index is 346. The lowest BCUT2D eigenvalue weighted by Gasteiger charge is -2.09. The number of carboxylic acid groups (broad SMARTS) is 1. The van der Waals surface area contributed by atoms with Crippen LogP contribution < -0.4 is 4.74 Å². The third kappa shape index (κ3) is 2.03. The van der Waals surface area contributed by atoms with E-state index < -0.39 is 12.1 Å². The Morgan fingerprint density at radius 2 is 2.14 bits per heavy atom. The highest BCUT2D eigenvalue weighted by molar-refractivity contribution is 5.74. The number of aliphatic carboxylic acids is 1. The van der Waals surface area contributed by atoms with E-state index in [-0.39, 0.29) is 0 Å². The minimum atomic E-state index is -1.47. The van der Waals surface area contributed by atoms with E-state index in [2.05, 4.69) is 0 Å². The molecule has 4 heteroatoms. The van der Waals surface area contributed by atoms with Crippen molar-refractivity contribution >= 4 is 5.97 Å². The maximum atomic E-state index is 10.5. The van der Waals surface area contributed by atoms with Gasteiger partial charge in [0.2, 0.25) is 0 Å². The van der Waals surface area contributed by atoms with Crippen molar-refractivity contribution in [2.45, 2.75) is 13.0 Å². The van der Waals surface area contributed by atoms with Crippen molar-refractivity contribution in [3.8, 4) is 5.75 Å². The molecule has 0 heterocycles. The molecule has 76 valence electrons. The first-order valence-corrected chi connectivity index (χ1v) is 4.11. The summed E-state index contributed by atoms with van der Waals surface area (Å²) in [6.07, 6.45) is -1.47. The number of aliphatic hydroxyl groups excluding tert-OH is 1. The van der Waals surface area contributed by atoms with Gasteiger partial charge in [0.1, 0.15) is 5.75 Å². The number of carboxylic acids is 1. The molecule has 1 rings (SSSR count). The minimum absolute atomic E-state index is 0.357. The first kappa shape index (κ1) is 10.5. The van der Waals surface area contributed by atoms with E-state index in [1.54, 1.807) is 19.1 Å². The summed E-state index contributed by atoms with van der Waals surface area (Å²) in [7, 11) is 1.54. The van der Waals surface area contributed by atoms with Crippen molar-refractivity contribution in [1.29, 1.82) is 0 Å². The van der Waals surface area contributed by atoms with Gasteiger partial charge in [-0.1, -0.05) is 6.07 Å². The molecule has 14 heavy (non-hydrogen) atoms. The Morgan fingerprint density at radius 1 is 1.50 bits per heavy atom. The summed E-state index contributed by atoms with van der Waals surface area (Å²) in [6.45, 7) is 1.79. The molecule has 0 amide bonds. The molecule has 0 aliphatic heterocycles. The summed E-state index contributed by atoms with van der Waals surface area (Å²) in [5.74, 6) is -0.582. The van der Waals surface area contributed by atoms with Crippen molar-refractivity contribution in [1.82, 2.24) is 0 Å². The molecule has 0 saturated carbocycles. The fourth-order valence-electron chi connectivity index (χ4n) is 1.21. The molecule has 0 aliphatic carbocycles. The number of aliphatic hydroxyl groups is 1. The summed E-state index contributed by atoms with van der Waals surface area (Å²) >= 11 is 0. The van der Waals surface area contributed by atoms with Crippen LogP contribution in [-0.4, -0.2) is 23.3 Å². The fraction of sp³-hybridized carbons (Fsp3) is 0.300. The van der Waals surface area contributed by atoms with Crippen LogP contribution in [-0.2, 0) is 4.79 Å². The van der Waals surface area contributed by atoms with Crippen LogP contribution in [0.4, 0.5) is 0 Å². The zero-order valence-electron chi connectivity index (χ0n) is 8.02. The predicted molar refractivity (Wildman–Crippen MR) is 50.3 cm³/mol. The van der Waals surface area contributed by atoms with Crippen molar-refractivity contribution in [3.63, 3.8) is 0 Å². The Morgan fingerprint density at radius 3 is 2.57 bits per heavy atom. The van der Waals surface area contributed by atoms with E-state index in [1.807, 2.05) is 0 Å². The summed E-state index contributed by atoms with van der Waals surface area (Å²) in [6, 6.07) is 4.76. The number of ether oxygens (including phenoxy) is 1. The van der Waals surface area contributed by atoms with E-state index in [0.29, 0.717) is 11.3 Å². The molecule has 0 aromatic heterocycles. The van der Waals surface area contributed by atoms with Crippen LogP contribution in [0.15, 0.2) is 18.2 Å². The van der Waals surface area contributed by atoms with Gasteiger partial charge in [0.25, 0.3) is 0 Å². The largest absolute Gasteiger partial charge is 0.496 e. The molecule has 0 radical (unpaired) electrons. The van der Waals surface area contributed by atoms with Gasteiger partial charge >= 0.3 is 5.97 Å². The van der Waals surface area contributed by atoms with E-state index >= 15 is 0 Å². The lowest BCUT2D eigenvalue weighted by Crippen LogP contribution is -2.10. The molecule has 2 N–H and O–H groups in total. The standard InChI is InChI=1S/C10H12O4/c1-6-5-7(9(11)10(12)13)3-4-8(6)14-2/h3-5,9,11H,1-2H3,(H,12,13)/t9-/m0/s1. The minimum Gasteiger partial charge on any atom is -0.496 e. The summed E-state index contributed by atoms with van der Waals surface area (Å²) in [4.78, 5) is 10.5. The number of benzene rings is 1. The van der Waals surface area contributed by atoms with Crippen molar-refractivity contribution in [2.75, 3.05) is 7.11 Å². The number of hydrogen-bond acceptors (Lipinski definition) is 3. The molecular weight excluding hydrogens is 184 g/mol. The second-order valence-electron chi connectivity index (χ2n) is 2.97. The van der Waals surface area contributed by atoms with E-state index in [1.165, 1.54) is 13.2 Å². The molecule has 0 bridgehead atoms. The highest BCUT2D eigenvalue weighted by Gasteiger charge is 2.16. The van der Waals surface area contributed by atoms with Crippen LogP contribution in [0.1, 0.15) is 17.2 Å². The van der Waals surface area contributed by atoms with Gasteiger partial charge in [-0.3, -0.25) is 0 Å². The van der Waals surface area contributed by atoms with Crippen LogP contribution >= 0.6 is 0 Å². The third-order valence-electron chi connectivity index (χ3n) is 1.97. The van der Waals surface area contributed by atoms with E-state index in [9.17, 15) is 9.90 Å². The van der Waals surface area contributed by atoms with Crippen LogP contribution in [0.25, 0.3) is 0 Å². The molecule has 4 nitrogen and oxygen atoms in total. The Kier molecular flexibility index (Phi) is 3.09. The summed E-state index contributed by atoms with van der Waals surface area (Å²) in [5, 5.41) is 17.8. The normalized spacial score (nSPS) is 12.2. The average molecular weight is 196 g/mol. The van der Waals surface area contributed by atoms with Crippen LogP contribution in [0.5, 0.6) is 5.75 Å². The number of methoxy groups -OCH3 is 1. The molecule has 0 saturated heterocycles. The number of aryl methyl sites for hydroxylation is 1. The number of rotatable bonds is 3. The average Bonchev–Trinajstić information content (AvgIpc) is 2.16. The predicted octanol–water partition coefficient (Wildman–Crippen LogP) is 1.12. The maximum Gasteiger partial charge on any atom is 0.337 e. The molecule has 0 spiro atoms. The van der Waals surface area contributed by atoms with Gasteiger partial charge in [0, 0.05) is 0 Å². The second kappa shape index (κ2) is 4.11.